The Kier molecular flexibility index (Phi) is 2.89. The summed E-state index contributed by atoms with van der Waals surface area (Å²) < 4.78 is 0. The van der Waals surface area contributed by atoms with Crippen LogP contribution in [-0.2, 0) is 0 Å². The molecule has 3 aromatic rings. The number of aromatic amines is 1. The third-order valence-electron chi connectivity index (χ3n) is 2.66. The third-order valence-corrected chi connectivity index (χ3v) is 2.84. The minimum Gasteiger partial charge on any atom is -0.361 e. The lowest BCUT2D eigenvalue weighted by atomic mass is 10.1. The zero-order valence-corrected chi connectivity index (χ0v) is 10.5. The molecule has 19 heavy (non-hydrogen) atoms. The number of anilines is 1. The lowest BCUT2D eigenvalue weighted by molar-refractivity contribution is 0.102. The first-order valence-corrected chi connectivity index (χ1v) is 5.96. The van der Waals surface area contributed by atoms with Crippen molar-refractivity contribution in [2.75, 3.05) is 5.32 Å². The zero-order chi connectivity index (χ0) is 13.2. The van der Waals surface area contributed by atoms with E-state index >= 15 is 0 Å². The first-order chi connectivity index (χ1) is 9.22. The summed E-state index contributed by atoms with van der Waals surface area (Å²) in [6.45, 7) is 0. The summed E-state index contributed by atoms with van der Waals surface area (Å²) in [5, 5.41) is 3.86. The topological polar surface area (TPSA) is 70.7 Å². The molecule has 2 N–H and O–H groups in total. The average Bonchev–Trinajstić information content (AvgIpc) is 2.85. The van der Waals surface area contributed by atoms with Crippen LogP contribution in [0.15, 0.2) is 42.9 Å². The van der Waals surface area contributed by atoms with E-state index in [-0.39, 0.29) is 11.1 Å². The normalized spacial score (nSPS) is 10.6. The van der Waals surface area contributed by atoms with Gasteiger partial charge in [-0.25, -0.2) is 4.98 Å². The maximum absolute atomic E-state index is 12.1. The lowest BCUT2D eigenvalue weighted by Gasteiger charge is -2.04. The number of amides is 1. The molecule has 1 amide bonds. The molecule has 0 saturated heterocycles. The zero-order valence-electron chi connectivity index (χ0n) is 9.72. The van der Waals surface area contributed by atoms with E-state index in [0.717, 1.165) is 10.9 Å². The van der Waals surface area contributed by atoms with E-state index in [1.165, 1.54) is 12.4 Å². The maximum atomic E-state index is 12.1. The Balaban J connectivity index is 1.87. The van der Waals surface area contributed by atoms with Gasteiger partial charge in [-0.1, -0.05) is 11.6 Å². The van der Waals surface area contributed by atoms with Crippen molar-refractivity contribution in [3.63, 3.8) is 0 Å². The Hall–Kier alpha value is -2.40. The summed E-state index contributed by atoms with van der Waals surface area (Å²) in [4.78, 5) is 22.9. The van der Waals surface area contributed by atoms with Crippen LogP contribution in [0.2, 0.25) is 5.15 Å². The van der Waals surface area contributed by atoms with Gasteiger partial charge in [0.15, 0.2) is 5.82 Å². The van der Waals surface area contributed by atoms with E-state index in [1.54, 1.807) is 12.1 Å². The highest BCUT2D eigenvalue weighted by atomic mass is 35.5. The lowest BCUT2D eigenvalue weighted by Crippen LogP contribution is -2.13. The maximum Gasteiger partial charge on any atom is 0.256 e. The Labute approximate surface area is 113 Å². The van der Waals surface area contributed by atoms with Crippen LogP contribution in [0, 0.1) is 0 Å². The van der Waals surface area contributed by atoms with Gasteiger partial charge in [0.1, 0.15) is 5.15 Å². The average molecular weight is 273 g/mol. The largest absolute Gasteiger partial charge is 0.361 e. The molecular formula is C13H9ClN4O. The van der Waals surface area contributed by atoms with Gasteiger partial charge in [0.25, 0.3) is 5.91 Å². The van der Waals surface area contributed by atoms with Crippen molar-refractivity contribution in [3.05, 3.63) is 53.6 Å². The number of benzene rings is 1. The van der Waals surface area contributed by atoms with Gasteiger partial charge in [-0.3, -0.25) is 9.78 Å². The highest BCUT2D eigenvalue weighted by Gasteiger charge is 2.08. The second-order valence-corrected chi connectivity index (χ2v) is 4.35. The second-order valence-electron chi connectivity index (χ2n) is 3.96. The molecule has 2 heterocycles. The Morgan fingerprint density at radius 2 is 2.16 bits per heavy atom. The number of fused-ring (bicyclic) bond motifs is 1. The molecule has 2 aromatic heterocycles. The predicted octanol–water partition coefficient (Wildman–Crippen LogP) is 2.86. The molecule has 0 aliphatic rings. The van der Waals surface area contributed by atoms with Gasteiger partial charge in [-0.05, 0) is 24.3 Å². The molecule has 0 atom stereocenters. The number of nitrogens with one attached hydrogen (secondary N) is 2. The quantitative estimate of drug-likeness (QED) is 0.753. The van der Waals surface area contributed by atoms with Gasteiger partial charge < -0.3 is 10.3 Å². The van der Waals surface area contributed by atoms with Crippen LogP contribution < -0.4 is 5.32 Å². The first-order valence-electron chi connectivity index (χ1n) is 5.58. The Morgan fingerprint density at radius 3 is 3.00 bits per heavy atom. The fourth-order valence-corrected chi connectivity index (χ4v) is 1.93. The van der Waals surface area contributed by atoms with Crippen LogP contribution in [-0.4, -0.2) is 20.9 Å². The van der Waals surface area contributed by atoms with Crippen LogP contribution in [0.5, 0.6) is 0 Å². The molecule has 5 nitrogen and oxygen atoms in total. The fourth-order valence-electron chi connectivity index (χ4n) is 1.79. The van der Waals surface area contributed by atoms with Crippen LogP contribution >= 0.6 is 11.6 Å². The minimum atomic E-state index is -0.250. The van der Waals surface area contributed by atoms with Crippen molar-refractivity contribution in [1.29, 1.82) is 0 Å². The van der Waals surface area contributed by atoms with Crippen molar-refractivity contribution in [2.24, 2.45) is 0 Å². The van der Waals surface area contributed by atoms with Crippen molar-refractivity contribution in [2.45, 2.75) is 0 Å². The molecule has 0 bridgehead atoms. The number of H-pyrrole nitrogens is 1. The first kappa shape index (κ1) is 11.7. The number of aromatic nitrogens is 3. The summed E-state index contributed by atoms with van der Waals surface area (Å²) in [6.07, 6.45) is 4.68. The molecule has 0 saturated carbocycles. The minimum absolute atomic E-state index is 0.235. The summed E-state index contributed by atoms with van der Waals surface area (Å²) in [5.41, 5.74) is 1.54. The standard InChI is InChI=1S/C13H9ClN4O/c14-11-6-15-7-12(17-11)18-13(19)9-1-2-10-8(5-9)3-4-16-10/h1-7,16H,(H,17,18,19). The molecular weight excluding hydrogens is 264 g/mol. The fraction of sp³-hybridized carbons (Fsp3) is 0. The Bertz CT molecular complexity index is 753. The summed E-state index contributed by atoms with van der Waals surface area (Å²) in [6, 6.07) is 7.31. The van der Waals surface area contributed by atoms with Crippen LogP contribution in [0.1, 0.15) is 10.4 Å². The number of rotatable bonds is 2. The summed E-state index contributed by atoms with van der Waals surface area (Å²) >= 11 is 5.71. The summed E-state index contributed by atoms with van der Waals surface area (Å²) in [7, 11) is 0. The van der Waals surface area contributed by atoms with Gasteiger partial charge in [-0.2, -0.15) is 0 Å². The highest BCUT2D eigenvalue weighted by Crippen LogP contribution is 2.15. The van der Waals surface area contributed by atoms with Gasteiger partial charge in [-0.15, -0.1) is 0 Å². The molecule has 1 aromatic carbocycles. The van der Waals surface area contributed by atoms with Crippen LogP contribution in [0.3, 0.4) is 0 Å². The molecule has 0 fully saturated rings. The highest BCUT2D eigenvalue weighted by molar-refractivity contribution is 6.29. The SMILES string of the molecule is O=C(Nc1cncc(Cl)n1)c1ccc2[nH]ccc2c1. The van der Waals surface area contributed by atoms with Crippen molar-refractivity contribution >= 4 is 34.2 Å². The van der Waals surface area contributed by atoms with E-state index in [4.69, 9.17) is 11.6 Å². The summed E-state index contributed by atoms with van der Waals surface area (Å²) in [5.74, 6) is 0.0753. The van der Waals surface area contributed by atoms with Crippen molar-refractivity contribution < 1.29 is 4.79 Å². The number of hydrogen-bond acceptors (Lipinski definition) is 3. The number of carbonyl (C=O) groups excluding carboxylic acids is 1. The molecule has 0 aliphatic heterocycles. The molecule has 3 rings (SSSR count). The number of nitrogens with zero attached hydrogens (tertiary/aromatic N) is 2. The molecule has 0 spiro atoms. The molecule has 6 heteroatoms. The van der Waals surface area contributed by atoms with Gasteiger partial charge in [0.2, 0.25) is 0 Å². The third kappa shape index (κ3) is 2.41. The second kappa shape index (κ2) is 4.70. The van der Waals surface area contributed by atoms with Crippen molar-refractivity contribution in [3.8, 4) is 0 Å². The predicted molar refractivity (Wildman–Crippen MR) is 73.3 cm³/mol. The van der Waals surface area contributed by atoms with E-state index in [2.05, 4.69) is 20.3 Å². The van der Waals surface area contributed by atoms with Gasteiger partial charge >= 0.3 is 0 Å². The number of hydrogen-bond donors (Lipinski definition) is 2. The molecule has 0 aliphatic carbocycles. The van der Waals surface area contributed by atoms with Crippen molar-refractivity contribution in [1.82, 2.24) is 15.0 Å². The Morgan fingerprint density at radius 1 is 1.26 bits per heavy atom. The van der Waals surface area contributed by atoms with Gasteiger partial charge in [0.05, 0.1) is 12.4 Å². The van der Waals surface area contributed by atoms with E-state index in [1.807, 2.05) is 18.3 Å². The van der Waals surface area contributed by atoms with Gasteiger partial charge in [0, 0.05) is 22.7 Å². The number of halogens is 1. The monoisotopic (exact) mass is 272 g/mol. The molecule has 0 unspecified atom stereocenters. The smallest absolute Gasteiger partial charge is 0.256 e. The molecule has 94 valence electrons. The van der Waals surface area contributed by atoms with Crippen LogP contribution in [0.25, 0.3) is 10.9 Å². The van der Waals surface area contributed by atoms with Crippen LogP contribution in [0.4, 0.5) is 5.82 Å². The van der Waals surface area contributed by atoms with E-state index < -0.39 is 0 Å². The molecule has 0 radical (unpaired) electrons. The number of carbonyl (C=O) groups is 1. The van der Waals surface area contributed by atoms with E-state index in [9.17, 15) is 4.79 Å². The van der Waals surface area contributed by atoms with E-state index in [0.29, 0.717) is 11.4 Å².